The van der Waals surface area contributed by atoms with Crippen LogP contribution in [-0.4, -0.2) is 65.8 Å². The first-order valence-corrected chi connectivity index (χ1v) is 9.11. The Morgan fingerprint density at radius 1 is 0.955 bits per heavy atom. The van der Waals surface area contributed by atoms with E-state index in [9.17, 15) is 4.79 Å². The van der Waals surface area contributed by atoms with Crippen molar-refractivity contribution in [3.05, 3.63) is 0 Å². The topological polar surface area (TPSA) is 44.8 Å². The van der Waals surface area contributed by atoms with Crippen LogP contribution in [0.2, 0.25) is 0 Å². The zero-order valence-corrected chi connectivity index (χ0v) is 14.1. The van der Waals surface area contributed by atoms with E-state index >= 15 is 0 Å². The average Bonchev–Trinajstić information content (AvgIpc) is 3.10. The third-order valence-corrected chi connectivity index (χ3v) is 5.39. The Morgan fingerprint density at radius 2 is 1.64 bits per heavy atom. The molecule has 5 nitrogen and oxygen atoms in total. The zero-order valence-electron chi connectivity index (χ0n) is 13.3. The number of nitrogens with zero attached hydrogens (tertiary/aromatic N) is 2. The number of ether oxygens (including phenoxy) is 1. The lowest BCUT2D eigenvalue weighted by atomic mass is 9.96. The normalized spacial score (nSPS) is 27.0. The molecule has 1 atom stereocenters. The van der Waals surface area contributed by atoms with Gasteiger partial charge in [0.15, 0.2) is 5.11 Å². The predicted octanol–water partition coefficient (Wildman–Crippen LogP) is 1.52. The number of thiocarbonyl (C=S) groups is 1. The minimum absolute atomic E-state index is 0.170. The molecule has 0 aromatic rings. The largest absolute Gasteiger partial charge is 0.368 e. The van der Waals surface area contributed by atoms with Gasteiger partial charge in [-0.15, -0.1) is 0 Å². The molecule has 124 valence electrons. The maximum absolute atomic E-state index is 12.3. The lowest BCUT2D eigenvalue weighted by Crippen LogP contribution is -2.55. The fourth-order valence-electron chi connectivity index (χ4n) is 3.62. The molecule has 1 N–H and O–H groups in total. The molecule has 0 radical (unpaired) electrons. The molecule has 2 heterocycles. The smallest absolute Gasteiger partial charge is 0.251 e. The summed E-state index contributed by atoms with van der Waals surface area (Å²) in [6.07, 6.45) is 8.13. The van der Waals surface area contributed by atoms with Crippen molar-refractivity contribution in [1.82, 2.24) is 15.1 Å². The number of carbonyl (C=O) groups is 1. The van der Waals surface area contributed by atoms with E-state index in [1.807, 2.05) is 4.90 Å². The summed E-state index contributed by atoms with van der Waals surface area (Å²) in [7, 11) is 0. The van der Waals surface area contributed by atoms with Crippen molar-refractivity contribution < 1.29 is 9.53 Å². The van der Waals surface area contributed by atoms with Crippen LogP contribution in [0.5, 0.6) is 0 Å². The predicted molar refractivity (Wildman–Crippen MR) is 89.7 cm³/mol. The molecule has 3 rings (SSSR count). The quantitative estimate of drug-likeness (QED) is 0.780. The van der Waals surface area contributed by atoms with Gasteiger partial charge in [-0.1, -0.05) is 19.3 Å². The van der Waals surface area contributed by atoms with Gasteiger partial charge in [-0.05, 0) is 37.9 Å². The number of amides is 1. The lowest BCUT2D eigenvalue weighted by molar-refractivity contribution is -0.142. The first-order chi connectivity index (χ1) is 10.7. The number of carbonyl (C=O) groups excluding carboxylic acids is 1. The maximum atomic E-state index is 12.3. The number of piperazine rings is 1. The van der Waals surface area contributed by atoms with Crippen LogP contribution in [0.25, 0.3) is 0 Å². The average molecular weight is 325 g/mol. The number of nitrogens with one attached hydrogen (secondary N) is 1. The van der Waals surface area contributed by atoms with Gasteiger partial charge >= 0.3 is 0 Å². The molecule has 22 heavy (non-hydrogen) atoms. The van der Waals surface area contributed by atoms with E-state index in [-0.39, 0.29) is 12.0 Å². The molecule has 0 aromatic carbocycles. The fourth-order valence-corrected chi connectivity index (χ4v) is 3.97. The molecule has 2 saturated heterocycles. The summed E-state index contributed by atoms with van der Waals surface area (Å²) in [6.45, 7) is 3.90. The molecular formula is C16H27N3O2S. The summed E-state index contributed by atoms with van der Waals surface area (Å²) < 4.78 is 5.50. The summed E-state index contributed by atoms with van der Waals surface area (Å²) in [6, 6.07) is 0.549. The molecule has 0 unspecified atom stereocenters. The van der Waals surface area contributed by atoms with Crippen LogP contribution in [0.3, 0.4) is 0 Å². The molecule has 1 amide bonds. The van der Waals surface area contributed by atoms with Crippen LogP contribution < -0.4 is 5.32 Å². The van der Waals surface area contributed by atoms with E-state index in [1.54, 1.807) is 0 Å². The van der Waals surface area contributed by atoms with Crippen LogP contribution in [0, 0.1) is 0 Å². The number of rotatable bonds is 2. The van der Waals surface area contributed by atoms with Crippen LogP contribution in [-0.2, 0) is 9.53 Å². The van der Waals surface area contributed by atoms with E-state index in [1.165, 1.54) is 32.1 Å². The van der Waals surface area contributed by atoms with Crippen molar-refractivity contribution in [2.24, 2.45) is 0 Å². The Labute approximate surface area is 138 Å². The Morgan fingerprint density at radius 3 is 2.27 bits per heavy atom. The second-order valence-corrected chi connectivity index (χ2v) is 6.99. The van der Waals surface area contributed by atoms with E-state index in [0.717, 1.165) is 50.7 Å². The van der Waals surface area contributed by atoms with Gasteiger partial charge in [-0.2, -0.15) is 0 Å². The molecule has 6 heteroatoms. The summed E-state index contributed by atoms with van der Waals surface area (Å²) in [5.41, 5.74) is 0. The fraction of sp³-hybridized carbons (Fsp3) is 0.875. The highest BCUT2D eigenvalue weighted by Crippen LogP contribution is 2.18. The Hall–Kier alpha value is -0.880. The van der Waals surface area contributed by atoms with Gasteiger partial charge in [0.1, 0.15) is 6.10 Å². The SMILES string of the molecule is O=C([C@H]1CCCO1)N1CCN(C(=S)NC2CCCCC2)CC1. The second kappa shape index (κ2) is 7.59. The van der Waals surface area contributed by atoms with Crippen LogP contribution in [0.15, 0.2) is 0 Å². The van der Waals surface area contributed by atoms with Gasteiger partial charge < -0.3 is 19.9 Å². The van der Waals surface area contributed by atoms with E-state index in [4.69, 9.17) is 17.0 Å². The maximum Gasteiger partial charge on any atom is 0.251 e. The Kier molecular flexibility index (Phi) is 5.52. The lowest BCUT2D eigenvalue weighted by Gasteiger charge is -2.38. The molecule has 2 aliphatic heterocycles. The zero-order chi connectivity index (χ0) is 15.4. The van der Waals surface area contributed by atoms with Gasteiger partial charge in [0.25, 0.3) is 5.91 Å². The van der Waals surface area contributed by atoms with E-state index in [2.05, 4.69) is 10.2 Å². The molecular weight excluding hydrogens is 298 g/mol. The van der Waals surface area contributed by atoms with Gasteiger partial charge in [0.05, 0.1) is 0 Å². The summed E-state index contributed by atoms with van der Waals surface area (Å²) in [5.74, 6) is 0.170. The van der Waals surface area contributed by atoms with Crippen molar-refractivity contribution in [2.75, 3.05) is 32.8 Å². The van der Waals surface area contributed by atoms with Crippen molar-refractivity contribution in [1.29, 1.82) is 0 Å². The summed E-state index contributed by atoms with van der Waals surface area (Å²) >= 11 is 5.55. The van der Waals surface area contributed by atoms with Crippen LogP contribution in [0.1, 0.15) is 44.9 Å². The first kappa shape index (κ1) is 16.0. The third kappa shape index (κ3) is 3.90. The highest BCUT2D eigenvalue weighted by atomic mass is 32.1. The molecule has 0 spiro atoms. The van der Waals surface area contributed by atoms with Crippen molar-refractivity contribution in [2.45, 2.75) is 57.1 Å². The first-order valence-electron chi connectivity index (χ1n) is 8.70. The third-order valence-electron chi connectivity index (χ3n) is 5.02. The van der Waals surface area contributed by atoms with Crippen LogP contribution in [0.4, 0.5) is 0 Å². The highest BCUT2D eigenvalue weighted by Gasteiger charge is 2.31. The van der Waals surface area contributed by atoms with Gasteiger partial charge in [-0.3, -0.25) is 4.79 Å². The van der Waals surface area contributed by atoms with Gasteiger partial charge in [0, 0.05) is 38.8 Å². The number of hydrogen-bond acceptors (Lipinski definition) is 3. The van der Waals surface area contributed by atoms with Crippen molar-refractivity contribution in [3.8, 4) is 0 Å². The molecule has 0 bridgehead atoms. The molecule has 3 aliphatic rings. The molecule has 1 aliphatic carbocycles. The summed E-state index contributed by atoms with van der Waals surface area (Å²) in [4.78, 5) is 16.5. The standard InChI is InChI=1S/C16H27N3O2S/c20-15(14-7-4-12-21-14)18-8-10-19(11-9-18)16(22)17-13-5-2-1-3-6-13/h13-14H,1-12H2,(H,17,22)/t14-/m1/s1. The molecule has 3 fully saturated rings. The van der Waals surface area contributed by atoms with Crippen molar-refractivity contribution in [3.63, 3.8) is 0 Å². The van der Waals surface area contributed by atoms with E-state index < -0.39 is 0 Å². The highest BCUT2D eigenvalue weighted by molar-refractivity contribution is 7.80. The molecule has 0 aromatic heterocycles. The molecule has 1 saturated carbocycles. The van der Waals surface area contributed by atoms with Gasteiger partial charge in [-0.25, -0.2) is 0 Å². The minimum Gasteiger partial charge on any atom is -0.368 e. The van der Waals surface area contributed by atoms with Crippen molar-refractivity contribution >= 4 is 23.2 Å². The minimum atomic E-state index is -0.195. The van der Waals surface area contributed by atoms with Crippen LogP contribution >= 0.6 is 12.2 Å². The number of hydrogen-bond donors (Lipinski definition) is 1. The Bertz CT molecular complexity index is 398. The summed E-state index contributed by atoms with van der Waals surface area (Å²) in [5, 5.41) is 4.39. The monoisotopic (exact) mass is 325 g/mol. The van der Waals surface area contributed by atoms with E-state index in [0.29, 0.717) is 6.04 Å². The second-order valence-electron chi connectivity index (χ2n) is 6.60. The van der Waals surface area contributed by atoms with Gasteiger partial charge in [0.2, 0.25) is 0 Å². The Balaban J connectivity index is 1.42.